The number of halogens is 1. The lowest BCUT2D eigenvalue weighted by Gasteiger charge is -2.19. The van der Waals surface area contributed by atoms with E-state index in [0.717, 1.165) is 18.2 Å². The molecule has 2 rings (SSSR count). The van der Waals surface area contributed by atoms with Gasteiger partial charge in [-0.2, -0.15) is 0 Å². The molecule has 0 aliphatic rings. The Labute approximate surface area is 151 Å². The maximum atomic E-state index is 12.5. The number of carbonyl (C=O) groups excluding carboxylic acids is 1. The van der Waals surface area contributed by atoms with Gasteiger partial charge in [0.15, 0.2) is 0 Å². The van der Waals surface area contributed by atoms with Crippen LogP contribution in [-0.2, 0) is 4.74 Å². The molecule has 0 radical (unpaired) electrons. The fraction of sp³-hybridized carbons (Fsp3) is 0.278. The highest BCUT2D eigenvalue weighted by Crippen LogP contribution is 2.27. The molecule has 0 bridgehead atoms. The van der Waals surface area contributed by atoms with Crippen LogP contribution in [0.1, 0.15) is 28.4 Å². The largest absolute Gasteiger partial charge is 0.453 e. The minimum atomic E-state index is -0.731. The number of ether oxygens (including phenoxy) is 1. The van der Waals surface area contributed by atoms with Gasteiger partial charge in [-0.15, -0.1) is 0 Å². The maximum Gasteiger partial charge on any atom is 0.345 e. The highest BCUT2D eigenvalue weighted by atomic mass is 35.5. The molecule has 0 saturated carbocycles. The fourth-order valence-corrected chi connectivity index (χ4v) is 2.57. The highest BCUT2D eigenvalue weighted by molar-refractivity contribution is 6.31. The zero-order valence-corrected chi connectivity index (χ0v) is 14.8. The zero-order chi connectivity index (χ0) is 18.4. The second kappa shape index (κ2) is 8.60. The van der Waals surface area contributed by atoms with E-state index in [4.69, 9.17) is 16.3 Å². The molecule has 1 atom stereocenters. The van der Waals surface area contributed by atoms with Gasteiger partial charge >= 0.3 is 5.97 Å². The molecule has 1 N–H and O–H groups in total. The number of rotatable bonds is 7. The number of quaternary nitrogens is 1. The summed E-state index contributed by atoms with van der Waals surface area (Å²) >= 11 is 5.79. The number of nitrogens with one attached hydrogen (secondary N) is 1. The first-order valence-corrected chi connectivity index (χ1v) is 8.25. The number of hydrogen-bond acceptors (Lipinski definition) is 4. The van der Waals surface area contributed by atoms with Crippen LogP contribution in [0.4, 0.5) is 5.69 Å². The molecular weight excluding hydrogens is 344 g/mol. The van der Waals surface area contributed by atoms with Crippen LogP contribution in [0.3, 0.4) is 0 Å². The van der Waals surface area contributed by atoms with Gasteiger partial charge in [0.25, 0.3) is 5.69 Å². The molecule has 25 heavy (non-hydrogen) atoms. The van der Waals surface area contributed by atoms with Gasteiger partial charge in [0.1, 0.15) is 11.7 Å². The molecular formula is C18H20ClN2O4+. The lowest BCUT2D eigenvalue weighted by molar-refractivity contribution is -0.858. The Bertz CT molecular complexity index is 750. The van der Waals surface area contributed by atoms with Gasteiger partial charge in [0, 0.05) is 17.5 Å². The third-order valence-corrected chi connectivity index (χ3v) is 3.94. The Balaban J connectivity index is 2.26. The summed E-state index contributed by atoms with van der Waals surface area (Å²) in [6, 6.07) is 13.3. The molecule has 2 aromatic rings. The average molecular weight is 364 g/mol. The van der Waals surface area contributed by atoms with Crippen molar-refractivity contribution in [3.8, 4) is 0 Å². The summed E-state index contributed by atoms with van der Waals surface area (Å²) in [5.41, 5.74) is 0.392. The molecule has 0 heterocycles. The lowest BCUT2D eigenvalue weighted by atomic mass is 10.1. The second-order valence-corrected chi connectivity index (χ2v) is 6.41. The zero-order valence-electron chi connectivity index (χ0n) is 14.1. The minimum Gasteiger partial charge on any atom is -0.453 e. The third-order valence-electron chi connectivity index (χ3n) is 3.70. The van der Waals surface area contributed by atoms with E-state index >= 15 is 0 Å². The Morgan fingerprint density at radius 1 is 1.24 bits per heavy atom. The molecule has 7 heteroatoms. The van der Waals surface area contributed by atoms with Crippen LogP contribution < -0.4 is 4.90 Å². The van der Waals surface area contributed by atoms with E-state index in [1.54, 1.807) is 0 Å². The molecule has 0 aliphatic carbocycles. The number of nitro groups is 1. The average Bonchev–Trinajstić information content (AvgIpc) is 2.58. The van der Waals surface area contributed by atoms with E-state index < -0.39 is 17.0 Å². The van der Waals surface area contributed by atoms with Gasteiger partial charge in [-0.1, -0.05) is 41.9 Å². The first-order chi connectivity index (χ1) is 11.9. The van der Waals surface area contributed by atoms with Crippen LogP contribution in [0.15, 0.2) is 48.5 Å². The van der Waals surface area contributed by atoms with Crippen LogP contribution in [0.5, 0.6) is 0 Å². The van der Waals surface area contributed by atoms with Crippen molar-refractivity contribution < 1.29 is 19.4 Å². The molecule has 6 nitrogen and oxygen atoms in total. The van der Waals surface area contributed by atoms with Crippen molar-refractivity contribution in [3.05, 3.63) is 74.8 Å². The van der Waals surface area contributed by atoms with Crippen molar-refractivity contribution in [2.75, 3.05) is 20.6 Å². The van der Waals surface area contributed by atoms with Crippen LogP contribution in [-0.4, -0.2) is 31.5 Å². The summed E-state index contributed by atoms with van der Waals surface area (Å²) < 4.78 is 5.60. The summed E-state index contributed by atoms with van der Waals surface area (Å²) in [5, 5.41) is 11.4. The second-order valence-electron chi connectivity index (χ2n) is 5.97. The van der Waals surface area contributed by atoms with Gasteiger partial charge in [-0.05, 0) is 17.7 Å². The molecule has 0 saturated heterocycles. The van der Waals surface area contributed by atoms with Gasteiger partial charge in [0.2, 0.25) is 0 Å². The summed E-state index contributed by atoms with van der Waals surface area (Å²) in [6.45, 7) is 0.787. The van der Waals surface area contributed by atoms with Crippen molar-refractivity contribution >= 4 is 23.3 Å². The summed E-state index contributed by atoms with van der Waals surface area (Å²) in [7, 11) is 4.02. The van der Waals surface area contributed by atoms with Gasteiger partial charge < -0.3 is 9.64 Å². The molecule has 0 spiro atoms. The summed E-state index contributed by atoms with van der Waals surface area (Å²) in [6.07, 6.45) is 0.137. The summed E-state index contributed by atoms with van der Waals surface area (Å²) in [5.74, 6) is -0.731. The van der Waals surface area contributed by atoms with Crippen molar-refractivity contribution in [2.24, 2.45) is 0 Å². The van der Waals surface area contributed by atoms with Crippen LogP contribution >= 0.6 is 11.6 Å². The van der Waals surface area contributed by atoms with E-state index in [9.17, 15) is 14.9 Å². The van der Waals surface area contributed by atoms with Crippen molar-refractivity contribution in [1.29, 1.82) is 0 Å². The number of esters is 1. The Morgan fingerprint density at radius 3 is 2.52 bits per heavy atom. The molecule has 0 amide bonds. The first-order valence-electron chi connectivity index (χ1n) is 7.87. The van der Waals surface area contributed by atoms with Gasteiger partial charge in [-0.25, -0.2) is 4.79 Å². The maximum absolute atomic E-state index is 12.5. The van der Waals surface area contributed by atoms with E-state index in [2.05, 4.69) is 0 Å². The molecule has 0 aliphatic heterocycles. The van der Waals surface area contributed by atoms with Crippen molar-refractivity contribution in [3.63, 3.8) is 0 Å². The highest BCUT2D eigenvalue weighted by Gasteiger charge is 2.25. The van der Waals surface area contributed by atoms with Crippen LogP contribution in [0.2, 0.25) is 5.02 Å². The van der Waals surface area contributed by atoms with Gasteiger partial charge in [-0.3, -0.25) is 10.1 Å². The predicted molar refractivity (Wildman–Crippen MR) is 95.0 cm³/mol. The van der Waals surface area contributed by atoms with E-state index in [1.165, 1.54) is 17.0 Å². The predicted octanol–water partition coefficient (Wildman–Crippen LogP) is 2.68. The number of nitrogens with zero attached hydrogens (tertiary/aromatic N) is 1. The number of benzene rings is 2. The number of carbonyl (C=O) groups is 1. The smallest absolute Gasteiger partial charge is 0.345 e. The van der Waals surface area contributed by atoms with E-state index in [0.29, 0.717) is 6.42 Å². The summed E-state index contributed by atoms with van der Waals surface area (Å²) in [4.78, 5) is 24.3. The Hall–Kier alpha value is -2.44. The Kier molecular flexibility index (Phi) is 6.50. The van der Waals surface area contributed by atoms with Crippen LogP contribution in [0.25, 0.3) is 0 Å². The standard InChI is InChI=1S/C18H19ClN2O4/c1-20(2)11-10-17(13-6-4-3-5-7-13)25-18(22)15-9-8-14(19)12-16(15)21(23)24/h3-9,12,17H,10-11H2,1-2H3/p+1/t17-/m0/s1. The SMILES string of the molecule is C[NH+](C)CC[C@H](OC(=O)c1ccc(Cl)cc1[N+](=O)[O-])c1ccccc1. The van der Waals surface area contributed by atoms with Crippen LogP contribution in [0, 0.1) is 10.1 Å². The van der Waals surface area contributed by atoms with Crippen molar-refractivity contribution in [2.45, 2.75) is 12.5 Å². The van der Waals surface area contributed by atoms with Crippen molar-refractivity contribution in [1.82, 2.24) is 0 Å². The third kappa shape index (κ3) is 5.27. The molecule has 132 valence electrons. The minimum absolute atomic E-state index is 0.104. The normalized spacial score (nSPS) is 12.0. The quantitative estimate of drug-likeness (QED) is 0.466. The van der Waals surface area contributed by atoms with E-state index in [1.807, 2.05) is 44.4 Å². The fourth-order valence-electron chi connectivity index (χ4n) is 2.40. The molecule has 2 aromatic carbocycles. The molecule has 0 aromatic heterocycles. The Morgan fingerprint density at radius 2 is 1.92 bits per heavy atom. The topological polar surface area (TPSA) is 73.9 Å². The number of nitro benzene ring substituents is 1. The molecule has 0 unspecified atom stereocenters. The molecule has 0 fully saturated rings. The van der Waals surface area contributed by atoms with E-state index in [-0.39, 0.29) is 16.3 Å². The number of hydrogen-bond donors (Lipinski definition) is 1. The lowest BCUT2D eigenvalue weighted by Crippen LogP contribution is -3.05. The van der Waals surface area contributed by atoms with Gasteiger partial charge in [0.05, 0.1) is 25.6 Å². The first kappa shape index (κ1) is 18.9. The monoisotopic (exact) mass is 363 g/mol.